The summed E-state index contributed by atoms with van der Waals surface area (Å²) < 4.78 is 0. The molecule has 2 aromatic rings. The van der Waals surface area contributed by atoms with Crippen molar-refractivity contribution in [3.8, 4) is 5.75 Å². The van der Waals surface area contributed by atoms with Gasteiger partial charge in [0, 0.05) is 46.3 Å². The number of rotatable bonds is 2. The lowest BCUT2D eigenvalue weighted by atomic mass is 9.63. The van der Waals surface area contributed by atoms with Crippen LogP contribution in [0, 0.1) is 10.8 Å². The maximum absolute atomic E-state index is 13.9. The standard InChI is InChI=1S/C29H27Cl4NO3/c1-28(2)10-20-25(22(35)12-28)24(14-7-17(32)27(37)18(33)8-14)26-21(11-29(3,4)13-23(26)36)34(20)19-9-15(30)5-6-16(19)31/h5-9,24,37H,10-13H2,1-4H3. The number of hydrogen-bond donors (Lipinski definition) is 1. The van der Waals surface area contributed by atoms with Crippen molar-refractivity contribution >= 4 is 63.7 Å². The van der Waals surface area contributed by atoms with Crippen LogP contribution in [0.4, 0.5) is 5.69 Å². The van der Waals surface area contributed by atoms with Crippen LogP contribution in [0.15, 0.2) is 52.9 Å². The highest BCUT2D eigenvalue weighted by atomic mass is 35.5. The van der Waals surface area contributed by atoms with Gasteiger partial charge in [-0.05, 0) is 59.6 Å². The quantitative estimate of drug-likeness (QED) is 0.386. The fraction of sp³-hybridized carbons (Fsp3) is 0.379. The topological polar surface area (TPSA) is 57.6 Å². The first-order valence-electron chi connectivity index (χ1n) is 12.1. The van der Waals surface area contributed by atoms with Crippen LogP contribution in [0.1, 0.15) is 64.9 Å². The molecular formula is C29H27Cl4NO3. The molecule has 2 aliphatic carbocycles. The molecule has 0 amide bonds. The van der Waals surface area contributed by atoms with E-state index in [0.29, 0.717) is 58.1 Å². The van der Waals surface area contributed by atoms with Crippen LogP contribution in [0.3, 0.4) is 0 Å². The zero-order valence-corrected chi connectivity index (χ0v) is 24.0. The first-order chi connectivity index (χ1) is 17.2. The van der Waals surface area contributed by atoms with Crippen LogP contribution in [0.25, 0.3) is 0 Å². The smallest absolute Gasteiger partial charge is 0.162 e. The molecule has 1 aliphatic heterocycles. The van der Waals surface area contributed by atoms with Gasteiger partial charge in [0.25, 0.3) is 0 Å². The molecule has 37 heavy (non-hydrogen) atoms. The number of hydrogen-bond acceptors (Lipinski definition) is 4. The summed E-state index contributed by atoms with van der Waals surface area (Å²) in [6.45, 7) is 8.26. The lowest BCUT2D eigenvalue weighted by Gasteiger charge is -2.49. The molecule has 1 N–H and O–H groups in total. The molecule has 0 radical (unpaired) electrons. The zero-order valence-electron chi connectivity index (χ0n) is 21.0. The number of nitrogens with zero attached hydrogens (tertiary/aromatic N) is 1. The molecule has 0 saturated heterocycles. The van der Waals surface area contributed by atoms with E-state index in [-0.39, 0.29) is 38.2 Å². The van der Waals surface area contributed by atoms with Gasteiger partial charge >= 0.3 is 0 Å². The number of allylic oxidation sites excluding steroid dienone is 4. The van der Waals surface area contributed by atoms with Gasteiger partial charge in [0.2, 0.25) is 0 Å². The summed E-state index contributed by atoms with van der Waals surface area (Å²) >= 11 is 25.8. The van der Waals surface area contributed by atoms with E-state index in [0.717, 1.165) is 11.4 Å². The number of benzene rings is 2. The molecule has 5 rings (SSSR count). The van der Waals surface area contributed by atoms with Crippen molar-refractivity contribution in [3.05, 3.63) is 78.5 Å². The summed E-state index contributed by atoms with van der Waals surface area (Å²) in [6.07, 6.45) is 1.86. The van der Waals surface area contributed by atoms with Crippen molar-refractivity contribution in [2.24, 2.45) is 10.8 Å². The second-order valence-electron chi connectivity index (χ2n) is 11.8. The maximum Gasteiger partial charge on any atom is 0.162 e. The van der Waals surface area contributed by atoms with Crippen LogP contribution in [-0.4, -0.2) is 16.7 Å². The van der Waals surface area contributed by atoms with Gasteiger partial charge in [-0.25, -0.2) is 0 Å². The van der Waals surface area contributed by atoms with E-state index in [1.54, 1.807) is 30.3 Å². The average Bonchev–Trinajstić information content (AvgIpc) is 2.76. The molecule has 0 saturated carbocycles. The van der Waals surface area contributed by atoms with Crippen LogP contribution in [-0.2, 0) is 9.59 Å². The molecule has 0 spiro atoms. The third kappa shape index (κ3) is 4.61. The van der Waals surface area contributed by atoms with Crippen molar-refractivity contribution in [2.45, 2.75) is 59.3 Å². The first-order valence-corrected chi connectivity index (χ1v) is 13.7. The summed E-state index contributed by atoms with van der Waals surface area (Å²) in [7, 11) is 0. The molecule has 3 aliphatic rings. The fourth-order valence-corrected chi connectivity index (χ4v) is 6.87. The van der Waals surface area contributed by atoms with Crippen molar-refractivity contribution in [1.29, 1.82) is 0 Å². The van der Waals surface area contributed by atoms with Crippen molar-refractivity contribution in [1.82, 2.24) is 0 Å². The highest BCUT2D eigenvalue weighted by molar-refractivity contribution is 6.37. The van der Waals surface area contributed by atoms with Crippen LogP contribution < -0.4 is 4.90 Å². The predicted molar refractivity (Wildman–Crippen MR) is 150 cm³/mol. The Labute approximate surface area is 236 Å². The second-order valence-corrected chi connectivity index (χ2v) is 13.5. The Balaban J connectivity index is 1.88. The largest absolute Gasteiger partial charge is 0.505 e. The van der Waals surface area contributed by atoms with Gasteiger partial charge < -0.3 is 10.0 Å². The van der Waals surface area contributed by atoms with Gasteiger partial charge in [-0.15, -0.1) is 0 Å². The fourth-order valence-electron chi connectivity index (χ4n) is 6.00. The number of halogens is 4. The summed E-state index contributed by atoms with van der Waals surface area (Å²) in [5.74, 6) is -0.958. The van der Waals surface area contributed by atoms with Crippen LogP contribution >= 0.6 is 46.4 Å². The SMILES string of the molecule is CC1(C)CC(=O)C2=C(C1)N(c1cc(Cl)ccc1Cl)C1=C(C(=O)CC(C)(C)C1)C2c1cc(Cl)c(O)c(Cl)c1. The van der Waals surface area contributed by atoms with E-state index in [1.165, 1.54) is 0 Å². The van der Waals surface area contributed by atoms with Gasteiger partial charge in [0.15, 0.2) is 17.3 Å². The lowest BCUT2D eigenvalue weighted by molar-refractivity contribution is -0.119. The number of carbonyl (C=O) groups excluding carboxylic acids is 2. The van der Waals surface area contributed by atoms with E-state index < -0.39 is 5.92 Å². The Morgan fingerprint density at radius 1 is 0.757 bits per heavy atom. The molecule has 8 heteroatoms. The van der Waals surface area contributed by atoms with E-state index in [9.17, 15) is 14.7 Å². The Kier molecular flexibility index (Phi) is 6.51. The summed E-state index contributed by atoms with van der Waals surface area (Å²) in [5.41, 5.74) is 3.33. The Morgan fingerprint density at radius 2 is 1.24 bits per heavy atom. The van der Waals surface area contributed by atoms with Crippen molar-refractivity contribution < 1.29 is 14.7 Å². The third-order valence-electron chi connectivity index (χ3n) is 7.43. The molecular weight excluding hydrogens is 552 g/mol. The molecule has 4 nitrogen and oxygen atoms in total. The molecule has 0 fully saturated rings. The number of phenols is 1. The van der Waals surface area contributed by atoms with E-state index in [2.05, 4.69) is 27.7 Å². The number of aromatic hydroxyl groups is 1. The van der Waals surface area contributed by atoms with Gasteiger partial charge in [0.05, 0.1) is 20.8 Å². The average molecular weight is 579 g/mol. The van der Waals surface area contributed by atoms with Crippen LogP contribution in [0.2, 0.25) is 20.1 Å². The van der Waals surface area contributed by atoms with E-state index in [1.807, 2.05) is 4.90 Å². The summed E-state index contributed by atoms with van der Waals surface area (Å²) in [6, 6.07) is 8.44. The van der Waals surface area contributed by atoms with Gasteiger partial charge in [-0.3, -0.25) is 9.59 Å². The monoisotopic (exact) mass is 577 g/mol. The second kappa shape index (κ2) is 9.05. The van der Waals surface area contributed by atoms with E-state index >= 15 is 0 Å². The molecule has 0 atom stereocenters. The normalized spacial score (nSPS) is 21.4. The minimum atomic E-state index is -0.651. The summed E-state index contributed by atoms with van der Waals surface area (Å²) in [5, 5.41) is 11.3. The lowest BCUT2D eigenvalue weighted by Crippen LogP contribution is -2.44. The predicted octanol–water partition coefficient (Wildman–Crippen LogP) is 8.90. The number of phenolic OH excluding ortho intramolecular Hbond substituents is 1. The third-order valence-corrected chi connectivity index (χ3v) is 8.56. The zero-order chi connectivity index (χ0) is 27.0. The number of carbonyl (C=O) groups is 2. The molecule has 2 aromatic carbocycles. The number of ketones is 2. The summed E-state index contributed by atoms with van der Waals surface area (Å²) in [4.78, 5) is 29.8. The van der Waals surface area contributed by atoms with Gasteiger partial charge in [-0.1, -0.05) is 74.1 Å². The highest BCUT2D eigenvalue weighted by Gasteiger charge is 2.49. The van der Waals surface area contributed by atoms with Crippen molar-refractivity contribution in [3.63, 3.8) is 0 Å². The molecule has 1 heterocycles. The highest BCUT2D eigenvalue weighted by Crippen LogP contribution is 2.56. The molecule has 194 valence electrons. The molecule has 0 unspecified atom stereocenters. The van der Waals surface area contributed by atoms with Crippen molar-refractivity contribution in [2.75, 3.05) is 4.90 Å². The maximum atomic E-state index is 13.9. The van der Waals surface area contributed by atoms with Crippen LogP contribution in [0.5, 0.6) is 5.75 Å². The number of Topliss-reactive ketones (excluding diaryl/α,β-unsaturated/α-hetero) is 2. The molecule has 0 bridgehead atoms. The minimum absolute atomic E-state index is 0.0381. The first kappa shape index (κ1) is 26.6. The Morgan fingerprint density at radius 3 is 1.73 bits per heavy atom. The molecule has 0 aromatic heterocycles. The Bertz CT molecular complexity index is 1360. The van der Waals surface area contributed by atoms with Gasteiger partial charge in [-0.2, -0.15) is 0 Å². The Hall–Kier alpha value is -1.98. The van der Waals surface area contributed by atoms with E-state index in [4.69, 9.17) is 46.4 Å². The minimum Gasteiger partial charge on any atom is -0.505 e. The number of anilines is 1. The van der Waals surface area contributed by atoms with Gasteiger partial charge in [0.1, 0.15) is 0 Å².